The molecule has 5 aromatic rings. The number of benzene rings is 2. The van der Waals surface area contributed by atoms with E-state index in [0.29, 0.717) is 39.6 Å². The maximum atomic E-state index is 13.9. The van der Waals surface area contributed by atoms with E-state index in [9.17, 15) is 9.18 Å². The van der Waals surface area contributed by atoms with Crippen LogP contribution in [0.4, 0.5) is 10.2 Å². The molecule has 7 nitrogen and oxygen atoms in total. The number of nitrogens with two attached hydrogens (primary N) is 1. The molecular formula is C28H23FN6O. The molecule has 6 rings (SSSR count). The fraction of sp³-hybridized carbons (Fsp3) is 0.143. The average molecular weight is 479 g/mol. The van der Waals surface area contributed by atoms with Crippen molar-refractivity contribution in [3.05, 3.63) is 89.9 Å². The van der Waals surface area contributed by atoms with Crippen molar-refractivity contribution in [1.29, 1.82) is 0 Å². The molecule has 0 saturated heterocycles. The third-order valence-electron chi connectivity index (χ3n) is 6.54. The summed E-state index contributed by atoms with van der Waals surface area (Å²) < 4.78 is 15.9. The van der Waals surface area contributed by atoms with Crippen LogP contribution in [0, 0.1) is 5.82 Å². The Morgan fingerprint density at radius 1 is 1.08 bits per heavy atom. The van der Waals surface area contributed by atoms with Crippen LogP contribution in [0.25, 0.3) is 39.5 Å². The smallest absolute Gasteiger partial charge is 0.217 e. The van der Waals surface area contributed by atoms with E-state index in [-0.39, 0.29) is 17.8 Å². The maximum absolute atomic E-state index is 13.9. The van der Waals surface area contributed by atoms with Crippen molar-refractivity contribution in [1.82, 2.24) is 24.8 Å². The van der Waals surface area contributed by atoms with Gasteiger partial charge in [-0.15, -0.1) is 0 Å². The number of nitrogen functional groups attached to an aromatic ring is 1. The Labute approximate surface area is 206 Å². The van der Waals surface area contributed by atoms with Crippen LogP contribution in [-0.4, -0.2) is 25.4 Å². The molecule has 1 aliphatic carbocycles. The lowest BCUT2D eigenvalue weighted by Gasteiger charge is -2.15. The SMILES string of the molecule is CC(=O)NC1CCc2cc(-n3c(-c4cccnc4N)nc4ccc(-c5cccc(F)c5)nc43)ccc21. The summed E-state index contributed by atoms with van der Waals surface area (Å²) in [5.74, 6) is 0.627. The second kappa shape index (κ2) is 8.57. The quantitative estimate of drug-likeness (QED) is 0.379. The van der Waals surface area contributed by atoms with Gasteiger partial charge in [0, 0.05) is 24.4 Å². The van der Waals surface area contributed by atoms with Crippen molar-refractivity contribution < 1.29 is 9.18 Å². The zero-order valence-electron chi connectivity index (χ0n) is 19.6. The number of aromatic nitrogens is 4. The first kappa shape index (κ1) is 21.9. The highest BCUT2D eigenvalue weighted by Gasteiger charge is 2.25. The number of hydrogen-bond acceptors (Lipinski definition) is 5. The van der Waals surface area contributed by atoms with Crippen molar-refractivity contribution in [3.8, 4) is 28.3 Å². The molecule has 8 heteroatoms. The number of rotatable bonds is 4. The maximum Gasteiger partial charge on any atom is 0.217 e. The minimum atomic E-state index is -0.320. The third kappa shape index (κ3) is 3.76. The van der Waals surface area contributed by atoms with E-state index < -0.39 is 0 Å². The first-order chi connectivity index (χ1) is 17.5. The summed E-state index contributed by atoms with van der Waals surface area (Å²) in [7, 11) is 0. The van der Waals surface area contributed by atoms with Crippen LogP contribution in [0.5, 0.6) is 0 Å². The fourth-order valence-corrected chi connectivity index (χ4v) is 4.94. The number of aryl methyl sites for hydroxylation is 1. The number of fused-ring (bicyclic) bond motifs is 2. The van der Waals surface area contributed by atoms with Crippen molar-refractivity contribution in [2.45, 2.75) is 25.8 Å². The molecule has 0 fully saturated rings. The van der Waals surface area contributed by atoms with Gasteiger partial charge in [-0.3, -0.25) is 9.36 Å². The van der Waals surface area contributed by atoms with E-state index in [1.807, 2.05) is 41.0 Å². The normalized spacial score (nSPS) is 14.7. The number of carbonyl (C=O) groups excluding carboxylic acids is 1. The molecule has 1 amide bonds. The molecule has 3 aromatic heterocycles. The number of imidazole rings is 1. The average Bonchev–Trinajstić information content (AvgIpc) is 3.44. The minimum absolute atomic E-state index is 0.0113. The molecule has 0 radical (unpaired) electrons. The standard InChI is InChI=1S/C28H23FN6O/c1-16(36)32-24-10-7-17-15-20(8-9-21(17)24)35-27(22-6-3-13-31-26(22)30)34-25-12-11-23(33-28(25)35)18-4-2-5-19(29)14-18/h2-6,8-9,11-15,24H,7,10H2,1H3,(H2,30,31)(H,32,36). The number of pyridine rings is 2. The third-order valence-corrected chi connectivity index (χ3v) is 6.54. The van der Waals surface area contributed by atoms with Gasteiger partial charge in [0.05, 0.1) is 17.3 Å². The van der Waals surface area contributed by atoms with Crippen LogP contribution >= 0.6 is 0 Å². The Kier molecular flexibility index (Phi) is 5.21. The molecule has 0 aliphatic heterocycles. The molecule has 0 spiro atoms. The zero-order chi connectivity index (χ0) is 24.8. The Hall–Kier alpha value is -4.59. The second-order valence-corrected chi connectivity index (χ2v) is 8.93. The van der Waals surface area contributed by atoms with E-state index in [1.54, 1.807) is 12.3 Å². The molecule has 1 aliphatic rings. The summed E-state index contributed by atoms with van der Waals surface area (Å²) in [6, 6.07) is 20.0. The van der Waals surface area contributed by atoms with Gasteiger partial charge in [-0.2, -0.15) is 0 Å². The number of amides is 1. The molecule has 0 bridgehead atoms. The van der Waals surface area contributed by atoms with Crippen molar-refractivity contribution in [3.63, 3.8) is 0 Å². The topological polar surface area (TPSA) is 98.7 Å². The molecule has 3 N–H and O–H groups in total. The van der Waals surface area contributed by atoms with Gasteiger partial charge in [0.1, 0.15) is 17.2 Å². The predicted molar refractivity (Wildman–Crippen MR) is 137 cm³/mol. The van der Waals surface area contributed by atoms with Crippen molar-refractivity contribution in [2.75, 3.05) is 5.73 Å². The first-order valence-corrected chi connectivity index (χ1v) is 11.7. The summed E-state index contributed by atoms with van der Waals surface area (Å²) >= 11 is 0. The monoisotopic (exact) mass is 478 g/mol. The molecule has 36 heavy (non-hydrogen) atoms. The van der Waals surface area contributed by atoms with Crippen LogP contribution in [0.3, 0.4) is 0 Å². The lowest BCUT2D eigenvalue weighted by Crippen LogP contribution is -2.24. The van der Waals surface area contributed by atoms with Crippen molar-refractivity contribution in [2.24, 2.45) is 0 Å². The first-order valence-electron chi connectivity index (χ1n) is 11.7. The van der Waals surface area contributed by atoms with Gasteiger partial charge in [0.2, 0.25) is 5.91 Å². The van der Waals surface area contributed by atoms with Crippen LogP contribution in [0.2, 0.25) is 0 Å². The fourth-order valence-electron chi connectivity index (χ4n) is 4.94. The number of nitrogens with zero attached hydrogens (tertiary/aromatic N) is 4. The van der Waals surface area contributed by atoms with E-state index in [1.165, 1.54) is 24.6 Å². The summed E-state index contributed by atoms with van der Waals surface area (Å²) in [6.45, 7) is 1.54. The van der Waals surface area contributed by atoms with Gasteiger partial charge in [-0.1, -0.05) is 18.2 Å². The van der Waals surface area contributed by atoms with E-state index in [4.69, 9.17) is 15.7 Å². The van der Waals surface area contributed by atoms with Gasteiger partial charge < -0.3 is 11.1 Å². The number of carbonyl (C=O) groups is 1. The van der Waals surface area contributed by atoms with Gasteiger partial charge in [0.25, 0.3) is 0 Å². The highest BCUT2D eigenvalue weighted by atomic mass is 19.1. The van der Waals surface area contributed by atoms with Gasteiger partial charge >= 0.3 is 0 Å². The lowest BCUT2D eigenvalue weighted by molar-refractivity contribution is -0.119. The summed E-state index contributed by atoms with van der Waals surface area (Å²) in [5, 5.41) is 3.03. The summed E-state index contributed by atoms with van der Waals surface area (Å²) in [5.41, 5.74) is 12.7. The second-order valence-electron chi connectivity index (χ2n) is 8.93. The van der Waals surface area contributed by atoms with Crippen LogP contribution < -0.4 is 11.1 Å². The largest absolute Gasteiger partial charge is 0.383 e. The molecule has 3 heterocycles. The molecular weight excluding hydrogens is 455 g/mol. The molecule has 0 saturated carbocycles. The summed E-state index contributed by atoms with van der Waals surface area (Å²) in [4.78, 5) is 25.7. The Balaban J connectivity index is 1.56. The Morgan fingerprint density at radius 3 is 2.78 bits per heavy atom. The highest BCUT2D eigenvalue weighted by molar-refractivity contribution is 5.84. The highest BCUT2D eigenvalue weighted by Crippen LogP contribution is 2.36. The number of anilines is 1. The van der Waals surface area contributed by atoms with Crippen LogP contribution in [0.15, 0.2) is 72.9 Å². The van der Waals surface area contributed by atoms with Gasteiger partial charge in [-0.25, -0.2) is 19.3 Å². The number of halogens is 1. The molecule has 2 aromatic carbocycles. The molecule has 1 unspecified atom stereocenters. The zero-order valence-corrected chi connectivity index (χ0v) is 19.6. The van der Waals surface area contributed by atoms with Gasteiger partial charge in [-0.05, 0) is 72.5 Å². The minimum Gasteiger partial charge on any atom is -0.383 e. The molecule has 178 valence electrons. The Bertz CT molecular complexity index is 1640. The van der Waals surface area contributed by atoms with Crippen molar-refractivity contribution >= 4 is 22.9 Å². The predicted octanol–water partition coefficient (Wildman–Crippen LogP) is 4.99. The summed E-state index contributed by atoms with van der Waals surface area (Å²) in [6.07, 6.45) is 3.35. The van der Waals surface area contributed by atoms with Crippen LogP contribution in [0.1, 0.15) is 30.5 Å². The Morgan fingerprint density at radius 2 is 1.97 bits per heavy atom. The number of hydrogen-bond donors (Lipinski definition) is 2. The van der Waals surface area contributed by atoms with E-state index >= 15 is 0 Å². The lowest BCUT2D eigenvalue weighted by atomic mass is 10.1. The number of nitrogens with one attached hydrogen (secondary N) is 1. The van der Waals surface area contributed by atoms with Gasteiger partial charge in [0.15, 0.2) is 11.5 Å². The van der Waals surface area contributed by atoms with E-state index in [2.05, 4.69) is 22.4 Å². The molecule has 1 atom stereocenters. The van der Waals surface area contributed by atoms with Crippen LogP contribution in [-0.2, 0) is 11.2 Å². The van der Waals surface area contributed by atoms with E-state index in [0.717, 1.165) is 24.1 Å².